The normalized spacial score (nSPS) is 11.9. The zero-order valence-corrected chi connectivity index (χ0v) is 9.07. The highest BCUT2D eigenvalue weighted by Crippen LogP contribution is 2.39. The van der Waals surface area contributed by atoms with Crippen molar-refractivity contribution in [1.29, 1.82) is 0 Å². The van der Waals surface area contributed by atoms with E-state index in [0.29, 0.717) is 0 Å². The monoisotopic (exact) mass is 305 g/mol. The van der Waals surface area contributed by atoms with Crippen LogP contribution in [0.15, 0.2) is 16.6 Å². The number of hydrogen-bond donors (Lipinski definition) is 1. The molecular weight excluding hydrogens is 301 g/mol. The summed E-state index contributed by atoms with van der Waals surface area (Å²) >= 11 is 2.83. The van der Waals surface area contributed by atoms with Gasteiger partial charge in [-0.05, 0) is 12.1 Å². The van der Waals surface area contributed by atoms with E-state index in [1.54, 1.807) is 0 Å². The first kappa shape index (κ1) is 13.0. The topological polar surface area (TPSA) is 35.2 Å². The van der Waals surface area contributed by atoms with E-state index in [2.05, 4.69) is 20.7 Å². The van der Waals surface area contributed by atoms with E-state index in [1.165, 1.54) is 0 Å². The van der Waals surface area contributed by atoms with Gasteiger partial charge < -0.3 is 10.5 Å². The van der Waals surface area contributed by atoms with Gasteiger partial charge in [-0.25, -0.2) is 8.78 Å². The Morgan fingerprint density at radius 1 is 1.25 bits per heavy atom. The largest absolute Gasteiger partial charge is 0.573 e. The molecule has 0 radical (unpaired) electrons. The lowest BCUT2D eigenvalue weighted by atomic mass is 10.1. The SMILES string of the molecule is Nc1cc(Br)cc(OC(F)(F)F)c1C(F)F. The second kappa shape index (κ2) is 4.44. The van der Waals surface area contributed by atoms with Crippen molar-refractivity contribution >= 4 is 21.6 Å². The molecule has 0 aliphatic heterocycles. The van der Waals surface area contributed by atoms with Gasteiger partial charge >= 0.3 is 6.36 Å². The Morgan fingerprint density at radius 3 is 2.25 bits per heavy atom. The van der Waals surface area contributed by atoms with Crippen LogP contribution < -0.4 is 10.5 Å². The summed E-state index contributed by atoms with van der Waals surface area (Å²) in [6, 6.07) is 1.86. The van der Waals surface area contributed by atoms with Crippen LogP contribution in [0.2, 0.25) is 0 Å². The predicted octanol–water partition coefficient (Wildman–Crippen LogP) is 3.87. The highest BCUT2D eigenvalue weighted by atomic mass is 79.9. The molecule has 0 unspecified atom stereocenters. The number of anilines is 1. The maximum Gasteiger partial charge on any atom is 0.573 e. The number of benzene rings is 1. The standard InChI is InChI=1S/C8H5BrF5NO/c9-3-1-4(15)6(7(10)11)5(2-3)16-8(12,13)14/h1-2,7H,15H2. The van der Waals surface area contributed by atoms with Crippen molar-refractivity contribution in [2.45, 2.75) is 12.8 Å². The summed E-state index contributed by atoms with van der Waals surface area (Å²) in [5, 5.41) is 0. The molecule has 0 saturated carbocycles. The van der Waals surface area contributed by atoms with E-state index >= 15 is 0 Å². The molecule has 0 amide bonds. The Bertz CT molecular complexity index is 393. The number of nitrogens with two attached hydrogens (primary N) is 1. The first-order valence-corrected chi connectivity index (χ1v) is 4.63. The average Bonchev–Trinajstić information content (AvgIpc) is 1.96. The Morgan fingerprint density at radius 2 is 1.81 bits per heavy atom. The molecule has 0 aliphatic rings. The molecule has 0 saturated heterocycles. The molecule has 1 aromatic rings. The van der Waals surface area contributed by atoms with Gasteiger partial charge in [-0.2, -0.15) is 0 Å². The van der Waals surface area contributed by atoms with Crippen molar-refractivity contribution in [3.05, 3.63) is 22.2 Å². The van der Waals surface area contributed by atoms with Gasteiger partial charge in [0, 0.05) is 10.2 Å². The Labute approximate surface area is 95.3 Å². The minimum atomic E-state index is -5.04. The molecule has 16 heavy (non-hydrogen) atoms. The lowest BCUT2D eigenvalue weighted by Gasteiger charge is -2.15. The van der Waals surface area contributed by atoms with E-state index in [0.717, 1.165) is 12.1 Å². The highest BCUT2D eigenvalue weighted by molar-refractivity contribution is 9.10. The van der Waals surface area contributed by atoms with Crippen molar-refractivity contribution in [2.24, 2.45) is 0 Å². The van der Waals surface area contributed by atoms with E-state index in [9.17, 15) is 22.0 Å². The first-order chi connectivity index (χ1) is 7.20. The van der Waals surface area contributed by atoms with Gasteiger partial charge in [0.05, 0.1) is 5.56 Å². The number of nitrogen functional groups attached to an aromatic ring is 1. The average molecular weight is 306 g/mol. The molecule has 0 heterocycles. The molecule has 8 heteroatoms. The summed E-state index contributed by atoms with van der Waals surface area (Å²) < 4.78 is 64.3. The molecule has 1 rings (SSSR count). The zero-order chi connectivity index (χ0) is 12.5. The molecule has 0 aliphatic carbocycles. The molecule has 90 valence electrons. The zero-order valence-electron chi connectivity index (χ0n) is 7.49. The number of ether oxygens (including phenoxy) is 1. The molecule has 2 nitrogen and oxygen atoms in total. The van der Waals surface area contributed by atoms with Gasteiger partial charge in [0.2, 0.25) is 0 Å². The van der Waals surface area contributed by atoms with Crippen LogP contribution in [0, 0.1) is 0 Å². The summed E-state index contributed by atoms with van der Waals surface area (Å²) in [5.74, 6) is -1.01. The second-order valence-electron chi connectivity index (χ2n) is 2.76. The van der Waals surface area contributed by atoms with Crippen molar-refractivity contribution in [1.82, 2.24) is 0 Å². The first-order valence-electron chi connectivity index (χ1n) is 3.83. The van der Waals surface area contributed by atoms with Crippen LogP contribution >= 0.6 is 15.9 Å². The third-order valence-electron chi connectivity index (χ3n) is 1.58. The smallest absolute Gasteiger partial charge is 0.405 e. The van der Waals surface area contributed by atoms with Crippen LogP contribution in [0.4, 0.5) is 27.6 Å². The van der Waals surface area contributed by atoms with Crippen LogP contribution in [0.25, 0.3) is 0 Å². The maximum atomic E-state index is 12.5. The fraction of sp³-hybridized carbons (Fsp3) is 0.250. The lowest BCUT2D eigenvalue weighted by Crippen LogP contribution is -2.18. The third-order valence-corrected chi connectivity index (χ3v) is 2.04. The Balaban J connectivity index is 3.24. The van der Waals surface area contributed by atoms with Gasteiger partial charge in [-0.1, -0.05) is 15.9 Å². The minimum absolute atomic E-state index is 0.119. The summed E-state index contributed by atoms with van der Waals surface area (Å²) in [4.78, 5) is 0. The van der Waals surface area contributed by atoms with Crippen molar-refractivity contribution in [2.75, 3.05) is 5.73 Å². The Hall–Kier alpha value is -1.05. The third kappa shape index (κ3) is 3.22. The fourth-order valence-electron chi connectivity index (χ4n) is 1.06. The van der Waals surface area contributed by atoms with Crippen LogP contribution in [-0.4, -0.2) is 6.36 Å². The maximum absolute atomic E-state index is 12.5. The molecule has 0 spiro atoms. The lowest BCUT2D eigenvalue weighted by molar-refractivity contribution is -0.275. The second-order valence-corrected chi connectivity index (χ2v) is 3.67. The van der Waals surface area contributed by atoms with Crippen LogP contribution in [0.1, 0.15) is 12.0 Å². The van der Waals surface area contributed by atoms with Gasteiger partial charge in [0.25, 0.3) is 6.43 Å². The molecule has 0 atom stereocenters. The summed E-state index contributed by atoms with van der Waals surface area (Å²) in [5.41, 5.74) is 3.74. The van der Waals surface area contributed by atoms with E-state index in [-0.39, 0.29) is 4.47 Å². The number of rotatable bonds is 2. The van der Waals surface area contributed by atoms with Crippen molar-refractivity contribution < 1.29 is 26.7 Å². The van der Waals surface area contributed by atoms with Gasteiger partial charge in [-0.15, -0.1) is 13.2 Å². The molecule has 0 aromatic heterocycles. The summed E-state index contributed by atoms with van der Waals surface area (Å²) in [6.07, 6.45) is -8.19. The van der Waals surface area contributed by atoms with Crippen molar-refractivity contribution in [3.8, 4) is 5.75 Å². The van der Waals surface area contributed by atoms with Crippen molar-refractivity contribution in [3.63, 3.8) is 0 Å². The number of hydrogen-bond acceptors (Lipinski definition) is 2. The Kier molecular flexibility index (Phi) is 3.61. The van der Waals surface area contributed by atoms with Gasteiger partial charge in [0.15, 0.2) is 0 Å². The van der Waals surface area contributed by atoms with E-state index < -0.39 is 29.8 Å². The fourth-order valence-corrected chi connectivity index (χ4v) is 1.51. The summed E-state index contributed by atoms with van der Waals surface area (Å²) in [6.45, 7) is 0. The predicted molar refractivity (Wildman–Crippen MR) is 50.2 cm³/mol. The molecule has 2 N–H and O–H groups in total. The molecular formula is C8H5BrF5NO. The molecule has 0 bridgehead atoms. The van der Waals surface area contributed by atoms with Crippen LogP contribution in [-0.2, 0) is 0 Å². The van der Waals surface area contributed by atoms with Gasteiger partial charge in [0.1, 0.15) is 5.75 Å². The number of alkyl halides is 5. The summed E-state index contributed by atoms with van der Waals surface area (Å²) in [7, 11) is 0. The van der Waals surface area contributed by atoms with Gasteiger partial charge in [-0.3, -0.25) is 0 Å². The quantitative estimate of drug-likeness (QED) is 0.665. The minimum Gasteiger partial charge on any atom is -0.405 e. The molecule has 1 aromatic carbocycles. The van der Waals surface area contributed by atoms with E-state index in [1.807, 2.05) is 0 Å². The molecule has 0 fully saturated rings. The number of halogens is 6. The highest BCUT2D eigenvalue weighted by Gasteiger charge is 2.34. The van der Waals surface area contributed by atoms with Crippen LogP contribution in [0.5, 0.6) is 5.75 Å². The van der Waals surface area contributed by atoms with E-state index in [4.69, 9.17) is 5.73 Å². The van der Waals surface area contributed by atoms with Crippen LogP contribution in [0.3, 0.4) is 0 Å².